The van der Waals surface area contributed by atoms with Gasteiger partial charge in [-0.1, -0.05) is 12.1 Å². The zero-order valence-corrected chi connectivity index (χ0v) is 7.62. The Balaban J connectivity index is 2.05. The molecule has 1 radical (unpaired) electrons. The van der Waals surface area contributed by atoms with Crippen molar-refractivity contribution in [3.05, 3.63) is 36.2 Å². The first kappa shape index (κ1) is 7.43. The molecule has 1 fully saturated rings. The topological polar surface area (TPSA) is 9.23 Å². The molecule has 2 unspecified atom stereocenters. The highest BCUT2D eigenvalue weighted by atomic mass is 16.5. The summed E-state index contributed by atoms with van der Waals surface area (Å²) in [5, 5.41) is 0. The van der Waals surface area contributed by atoms with E-state index in [9.17, 15) is 0 Å². The largest absolute Gasteiger partial charge is 0.493 e. The normalized spacial score (nSPS) is 29.6. The van der Waals surface area contributed by atoms with E-state index in [1.54, 1.807) is 0 Å². The van der Waals surface area contributed by atoms with Crippen molar-refractivity contribution in [2.75, 3.05) is 6.61 Å². The Bertz CT molecular complexity index is 343. The summed E-state index contributed by atoms with van der Waals surface area (Å²) in [6.45, 7) is 4.95. The summed E-state index contributed by atoms with van der Waals surface area (Å²) in [4.78, 5) is 0. The first-order valence-electron chi connectivity index (χ1n) is 4.94. The van der Waals surface area contributed by atoms with Gasteiger partial charge in [-0.05, 0) is 36.8 Å². The van der Waals surface area contributed by atoms with Crippen LogP contribution in [0.25, 0.3) is 0 Å². The SMILES string of the molecule is [CH2]C1CC1c1cccc2c1CCO2. The third-order valence-electron chi connectivity index (χ3n) is 3.10. The molecule has 0 bridgehead atoms. The Kier molecular flexibility index (Phi) is 1.43. The summed E-state index contributed by atoms with van der Waals surface area (Å²) in [5.74, 6) is 2.47. The zero-order chi connectivity index (χ0) is 8.84. The van der Waals surface area contributed by atoms with Crippen LogP contribution in [0.5, 0.6) is 5.75 Å². The molecule has 0 N–H and O–H groups in total. The van der Waals surface area contributed by atoms with E-state index in [-0.39, 0.29) is 0 Å². The van der Waals surface area contributed by atoms with Gasteiger partial charge in [-0.2, -0.15) is 0 Å². The fraction of sp³-hybridized carbons (Fsp3) is 0.417. The number of hydrogen-bond acceptors (Lipinski definition) is 1. The molecule has 67 valence electrons. The van der Waals surface area contributed by atoms with Crippen LogP contribution in [-0.4, -0.2) is 6.61 Å². The second-order valence-corrected chi connectivity index (χ2v) is 4.02. The van der Waals surface area contributed by atoms with E-state index in [1.165, 1.54) is 17.5 Å². The number of benzene rings is 1. The molecular formula is C12H13O. The average molecular weight is 173 g/mol. The Morgan fingerprint density at radius 2 is 2.23 bits per heavy atom. The minimum Gasteiger partial charge on any atom is -0.493 e. The smallest absolute Gasteiger partial charge is 0.122 e. The van der Waals surface area contributed by atoms with Gasteiger partial charge in [0.15, 0.2) is 0 Å². The van der Waals surface area contributed by atoms with Gasteiger partial charge in [0.25, 0.3) is 0 Å². The molecule has 13 heavy (non-hydrogen) atoms. The zero-order valence-electron chi connectivity index (χ0n) is 7.62. The Morgan fingerprint density at radius 3 is 3.00 bits per heavy atom. The van der Waals surface area contributed by atoms with Crippen LogP contribution in [0.1, 0.15) is 23.5 Å². The Labute approximate surface area is 78.7 Å². The number of rotatable bonds is 1. The monoisotopic (exact) mass is 173 g/mol. The molecule has 0 spiro atoms. The van der Waals surface area contributed by atoms with Crippen molar-refractivity contribution in [1.82, 2.24) is 0 Å². The van der Waals surface area contributed by atoms with Gasteiger partial charge < -0.3 is 4.74 Å². The molecule has 1 saturated carbocycles. The molecule has 1 heterocycles. The maximum absolute atomic E-state index is 5.53. The van der Waals surface area contributed by atoms with Gasteiger partial charge in [-0.15, -0.1) is 0 Å². The van der Waals surface area contributed by atoms with Crippen LogP contribution in [0, 0.1) is 12.8 Å². The van der Waals surface area contributed by atoms with Crippen molar-refractivity contribution in [2.45, 2.75) is 18.8 Å². The van der Waals surface area contributed by atoms with E-state index >= 15 is 0 Å². The summed E-state index contributed by atoms with van der Waals surface area (Å²) >= 11 is 0. The molecule has 1 heteroatoms. The highest BCUT2D eigenvalue weighted by molar-refractivity contribution is 5.46. The lowest BCUT2D eigenvalue weighted by Gasteiger charge is -2.04. The minimum absolute atomic E-state index is 0.645. The maximum Gasteiger partial charge on any atom is 0.122 e. The van der Waals surface area contributed by atoms with Crippen LogP contribution >= 0.6 is 0 Å². The fourth-order valence-electron chi connectivity index (χ4n) is 2.22. The third-order valence-corrected chi connectivity index (χ3v) is 3.10. The van der Waals surface area contributed by atoms with E-state index in [0.717, 1.165) is 24.7 Å². The summed E-state index contributed by atoms with van der Waals surface area (Å²) in [7, 11) is 0. The average Bonchev–Trinajstić information content (AvgIpc) is 2.66. The first-order valence-corrected chi connectivity index (χ1v) is 4.94. The van der Waals surface area contributed by atoms with Gasteiger partial charge in [0, 0.05) is 12.0 Å². The molecule has 2 aliphatic rings. The van der Waals surface area contributed by atoms with Gasteiger partial charge >= 0.3 is 0 Å². The fourth-order valence-corrected chi connectivity index (χ4v) is 2.22. The summed E-state index contributed by atoms with van der Waals surface area (Å²) in [5.41, 5.74) is 2.94. The lowest BCUT2D eigenvalue weighted by molar-refractivity contribution is 0.357. The summed E-state index contributed by atoms with van der Waals surface area (Å²) in [6, 6.07) is 6.42. The van der Waals surface area contributed by atoms with Crippen molar-refractivity contribution < 1.29 is 4.74 Å². The molecule has 2 atom stereocenters. The van der Waals surface area contributed by atoms with Crippen LogP contribution in [0.4, 0.5) is 0 Å². The molecule has 1 nitrogen and oxygen atoms in total. The van der Waals surface area contributed by atoms with Gasteiger partial charge in [0.05, 0.1) is 6.61 Å². The highest BCUT2D eigenvalue weighted by Crippen LogP contribution is 2.49. The predicted octanol–water partition coefficient (Wildman–Crippen LogP) is 2.56. The third kappa shape index (κ3) is 1.06. The Hall–Kier alpha value is -0.980. The van der Waals surface area contributed by atoms with Gasteiger partial charge in [0.2, 0.25) is 0 Å². The Morgan fingerprint density at radius 1 is 1.38 bits per heavy atom. The van der Waals surface area contributed by atoms with Crippen LogP contribution < -0.4 is 4.74 Å². The van der Waals surface area contributed by atoms with Gasteiger partial charge in [-0.3, -0.25) is 0 Å². The number of ether oxygens (including phenoxy) is 1. The first-order chi connectivity index (χ1) is 6.36. The van der Waals surface area contributed by atoms with Crippen molar-refractivity contribution in [3.63, 3.8) is 0 Å². The molecule has 3 rings (SSSR count). The molecule has 0 amide bonds. The van der Waals surface area contributed by atoms with Crippen LogP contribution in [-0.2, 0) is 6.42 Å². The summed E-state index contributed by atoms with van der Waals surface area (Å²) in [6.07, 6.45) is 2.35. The lowest BCUT2D eigenvalue weighted by atomic mass is 10.0. The van der Waals surface area contributed by atoms with E-state index in [1.807, 2.05) is 0 Å². The second kappa shape index (κ2) is 2.50. The molecule has 1 aliphatic heterocycles. The molecule has 1 aromatic rings. The number of fused-ring (bicyclic) bond motifs is 1. The van der Waals surface area contributed by atoms with Crippen molar-refractivity contribution in [3.8, 4) is 5.75 Å². The van der Waals surface area contributed by atoms with Gasteiger partial charge in [-0.25, -0.2) is 0 Å². The van der Waals surface area contributed by atoms with Crippen LogP contribution in [0.3, 0.4) is 0 Å². The van der Waals surface area contributed by atoms with E-state index in [4.69, 9.17) is 4.74 Å². The molecule has 0 aromatic heterocycles. The molecule has 0 saturated heterocycles. The second-order valence-electron chi connectivity index (χ2n) is 4.02. The van der Waals surface area contributed by atoms with Crippen LogP contribution in [0.15, 0.2) is 18.2 Å². The van der Waals surface area contributed by atoms with E-state index in [0.29, 0.717) is 5.92 Å². The predicted molar refractivity (Wildman–Crippen MR) is 51.8 cm³/mol. The number of hydrogen-bond donors (Lipinski definition) is 0. The molecule has 1 aromatic carbocycles. The van der Waals surface area contributed by atoms with E-state index in [2.05, 4.69) is 25.1 Å². The van der Waals surface area contributed by atoms with Gasteiger partial charge in [0.1, 0.15) is 5.75 Å². The minimum atomic E-state index is 0.645. The van der Waals surface area contributed by atoms with Crippen LogP contribution in [0.2, 0.25) is 0 Å². The standard InChI is InChI=1S/C12H13O/c1-8-7-11(8)9-3-2-4-12-10(9)5-6-13-12/h2-4,8,11H,1,5-7H2. The lowest BCUT2D eigenvalue weighted by Crippen LogP contribution is -1.89. The molecular weight excluding hydrogens is 160 g/mol. The van der Waals surface area contributed by atoms with Crippen molar-refractivity contribution >= 4 is 0 Å². The maximum atomic E-state index is 5.53. The quantitative estimate of drug-likeness (QED) is 0.634. The molecule has 1 aliphatic carbocycles. The van der Waals surface area contributed by atoms with E-state index < -0.39 is 0 Å². The van der Waals surface area contributed by atoms with Crippen molar-refractivity contribution in [1.29, 1.82) is 0 Å². The van der Waals surface area contributed by atoms with Crippen molar-refractivity contribution in [2.24, 2.45) is 5.92 Å². The highest BCUT2D eigenvalue weighted by Gasteiger charge is 2.36. The summed E-state index contributed by atoms with van der Waals surface area (Å²) < 4.78 is 5.53.